The van der Waals surface area contributed by atoms with E-state index >= 15 is 0 Å². The Morgan fingerprint density at radius 1 is 1.17 bits per heavy atom. The van der Waals surface area contributed by atoms with Crippen molar-refractivity contribution in [1.82, 2.24) is 0 Å². The molecule has 1 heterocycles. The van der Waals surface area contributed by atoms with E-state index < -0.39 is 54.8 Å². The van der Waals surface area contributed by atoms with Gasteiger partial charge in [-0.25, -0.2) is 18.4 Å². The van der Waals surface area contributed by atoms with E-state index in [1.54, 1.807) is 0 Å². The molecule has 1 aliphatic heterocycles. The molecule has 0 saturated carbocycles. The molecule has 12 heteroatoms. The van der Waals surface area contributed by atoms with Crippen LogP contribution in [-0.2, 0) is 30.0 Å². The van der Waals surface area contributed by atoms with Crippen molar-refractivity contribution in [3.8, 4) is 5.75 Å². The van der Waals surface area contributed by atoms with E-state index in [4.69, 9.17) is 9.47 Å². The summed E-state index contributed by atoms with van der Waals surface area (Å²) in [6.07, 6.45) is -7.67. The predicted molar refractivity (Wildman–Crippen MR) is 87.3 cm³/mol. The van der Waals surface area contributed by atoms with Crippen LogP contribution in [0.1, 0.15) is 5.56 Å². The van der Waals surface area contributed by atoms with Gasteiger partial charge in [-0.3, -0.25) is 0 Å². The Hall–Kier alpha value is -2.89. The number of halogens is 5. The third-order valence-corrected chi connectivity index (χ3v) is 3.77. The minimum Gasteiger partial charge on any atom is -0.485 e. The highest BCUT2D eigenvalue weighted by Gasteiger charge is 2.36. The molecule has 0 radical (unpaired) electrons. The molecule has 0 bridgehead atoms. The number of carbonyl (C=O) groups is 2. The maximum Gasteiger partial charge on any atom is 0.416 e. The number of hydrogen-bond donors (Lipinski definition) is 0. The number of anilines is 1. The van der Waals surface area contributed by atoms with Crippen molar-refractivity contribution < 1.29 is 50.5 Å². The quantitative estimate of drug-likeness (QED) is 0.513. The van der Waals surface area contributed by atoms with Crippen molar-refractivity contribution in [2.24, 2.45) is 0 Å². The van der Waals surface area contributed by atoms with Gasteiger partial charge in [0.2, 0.25) is 0 Å². The van der Waals surface area contributed by atoms with Crippen LogP contribution in [0.15, 0.2) is 29.5 Å². The first-order valence-corrected chi connectivity index (χ1v) is 7.97. The number of rotatable bonds is 6. The zero-order chi connectivity index (χ0) is 21.8. The van der Waals surface area contributed by atoms with Gasteiger partial charge in [-0.2, -0.15) is 13.2 Å². The second-order valence-electron chi connectivity index (χ2n) is 5.60. The molecule has 0 aromatic heterocycles. The van der Waals surface area contributed by atoms with E-state index in [1.807, 2.05) is 0 Å². The lowest BCUT2D eigenvalue weighted by molar-refractivity contribution is -0.140. The zero-order valence-corrected chi connectivity index (χ0v) is 15.2. The van der Waals surface area contributed by atoms with Gasteiger partial charge >= 0.3 is 18.1 Å². The van der Waals surface area contributed by atoms with E-state index in [9.17, 15) is 31.5 Å². The highest BCUT2D eigenvalue weighted by Crippen LogP contribution is 2.39. The van der Waals surface area contributed by atoms with Crippen LogP contribution in [0.4, 0.5) is 27.6 Å². The van der Waals surface area contributed by atoms with Gasteiger partial charge in [-0.1, -0.05) is 0 Å². The number of esters is 2. The Morgan fingerprint density at radius 3 is 2.38 bits per heavy atom. The van der Waals surface area contributed by atoms with Gasteiger partial charge < -0.3 is 23.8 Å². The molecule has 0 amide bonds. The molecule has 0 fully saturated rings. The third-order valence-electron chi connectivity index (χ3n) is 3.77. The number of methoxy groups -OCH3 is 2. The van der Waals surface area contributed by atoms with E-state index in [-0.39, 0.29) is 17.9 Å². The first-order valence-electron chi connectivity index (χ1n) is 7.97. The fourth-order valence-electron chi connectivity index (χ4n) is 2.51. The molecule has 29 heavy (non-hydrogen) atoms. The van der Waals surface area contributed by atoms with Crippen molar-refractivity contribution in [2.75, 3.05) is 39.1 Å². The fourth-order valence-corrected chi connectivity index (χ4v) is 2.51. The normalized spacial score (nSPS) is 14.8. The van der Waals surface area contributed by atoms with Gasteiger partial charge in [0.15, 0.2) is 0 Å². The summed E-state index contributed by atoms with van der Waals surface area (Å²) in [4.78, 5) is 25.1. The summed E-state index contributed by atoms with van der Waals surface area (Å²) < 4.78 is 83.9. The van der Waals surface area contributed by atoms with Crippen LogP contribution in [0.3, 0.4) is 0 Å². The summed E-state index contributed by atoms with van der Waals surface area (Å²) in [6, 6.07) is 2.06. The monoisotopic (exact) mass is 425 g/mol. The fraction of sp³-hybridized carbons (Fsp3) is 0.412. The van der Waals surface area contributed by atoms with Crippen molar-refractivity contribution in [2.45, 2.75) is 12.6 Å². The van der Waals surface area contributed by atoms with Crippen molar-refractivity contribution in [3.63, 3.8) is 0 Å². The van der Waals surface area contributed by atoms with Crippen LogP contribution in [0.2, 0.25) is 0 Å². The van der Waals surface area contributed by atoms with E-state index in [1.165, 1.54) is 0 Å². The summed E-state index contributed by atoms with van der Waals surface area (Å²) in [5.74, 6) is -2.42. The number of benzene rings is 1. The second kappa shape index (κ2) is 9.07. The first-order chi connectivity index (χ1) is 13.6. The number of nitrogens with zero attached hydrogens (tertiary/aromatic N) is 1. The lowest BCUT2D eigenvalue weighted by atomic mass is 10.1. The van der Waals surface area contributed by atoms with Gasteiger partial charge in [-0.05, 0) is 18.2 Å². The maximum absolute atomic E-state index is 13.2. The number of ether oxygens (including phenoxy) is 4. The van der Waals surface area contributed by atoms with Crippen molar-refractivity contribution >= 4 is 17.6 Å². The average Bonchev–Trinajstić information content (AvgIpc) is 2.69. The Balaban J connectivity index is 2.66. The van der Waals surface area contributed by atoms with Gasteiger partial charge in [0.25, 0.3) is 6.43 Å². The SMILES string of the molecule is COC(=O)C1=C(C(=O)OC)N(c2cc(C(F)(F)F)ccc2OCC(F)F)COC1. The van der Waals surface area contributed by atoms with Crippen LogP contribution in [0.5, 0.6) is 5.75 Å². The molecule has 2 rings (SSSR count). The Kier molecular flexibility index (Phi) is 7.01. The highest BCUT2D eigenvalue weighted by molar-refractivity contribution is 6.03. The topological polar surface area (TPSA) is 74.3 Å². The van der Waals surface area contributed by atoms with E-state index in [2.05, 4.69) is 9.47 Å². The Bertz CT molecular complexity index is 808. The molecule has 0 unspecified atom stereocenters. The van der Waals surface area contributed by atoms with Crippen molar-refractivity contribution in [1.29, 1.82) is 0 Å². The van der Waals surface area contributed by atoms with Crippen LogP contribution in [0, 0.1) is 0 Å². The minimum atomic E-state index is -4.77. The number of hydrogen-bond acceptors (Lipinski definition) is 7. The molecule has 1 aromatic carbocycles. The molecule has 0 saturated heterocycles. The predicted octanol–water partition coefficient (Wildman–Crippen LogP) is 2.74. The van der Waals surface area contributed by atoms with E-state index in [0.717, 1.165) is 25.2 Å². The first kappa shape index (κ1) is 22.4. The molecular weight excluding hydrogens is 409 g/mol. The second-order valence-corrected chi connectivity index (χ2v) is 5.60. The molecule has 0 spiro atoms. The molecule has 0 aliphatic carbocycles. The third kappa shape index (κ3) is 5.13. The Morgan fingerprint density at radius 2 is 1.83 bits per heavy atom. The summed E-state index contributed by atoms with van der Waals surface area (Å²) in [5.41, 5.74) is -2.32. The maximum atomic E-state index is 13.2. The Labute approximate surface area is 161 Å². The largest absolute Gasteiger partial charge is 0.485 e. The molecule has 1 aromatic rings. The van der Waals surface area contributed by atoms with Crippen LogP contribution < -0.4 is 9.64 Å². The van der Waals surface area contributed by atoms with Gasteiger partial charge in [0.05, 0.1) is 37.7 Å². The molecule has 7 nitrogen and oxygen atoms in total. The minimum absolute atomic E-state index is 0.317. The van der Waals surface area contributed by atoms with Crippen LogP contribution in [-0.4, -0.2) is 52.5 Å². The standard InChI is InChI=1S/C17H16F5NO6/c1-26-15(24)10-6-28-8-23(14(10)16(25)27-2)11-5-9(17(20,21)22)3-4-12(11)29-7-13(18)19/h3-5,13H,6-8H2,1-2H3. The van der Waals surface area contributed by atoms with Crippen LogP contribution >= 0.6 is 0 Å². The van der Waals surface area contributed by atoms with E-state index in [0.29, 0.717) is 12.1 Å². The van der Waals surface area contributed by atoms with Gasteiger partial charge in [-0.15, -0.1) is 0 Å². The lowest BCUT2D eigenvalue weighted by Crippen LogP contribution is -2.39. The number of carbonyl (C=O) groups excluding carboxylic acids is 2. The van der Waals surface area contributed by atoms with Crippen LogP contribution in [0.25, 0.3) is 0 Å². The molecule has 0 N–H and O–H groups in total. The average molecular weight is 425 g/mol. The lowest BCUT2D eigenvalue weighted by Gasteiger charge is -2.32. The summed E-state index contributed by atoms with van der Waals surface area (Å²) in [5, 5.41) is 0. The summed E-state index contributed by atoms with van der Waals surface area (Å²) in [6.45, 7) is -1.95. The molecule has 1 aliphatic rings. The zero-order valence-electron chi connectivity index (χ0n) is 15.2. The number of alkyl halides is 5. The van der Waals surface area contributed by atoms with Gasteiger partial charge in [0, 0.05) is 0 Å². The molecule has 160 valence electrons. The van der Waals surface area contributed by atoms with Gasteiger partial charge in [0.1, 0.15) is 24.8 Å². The molecule has 0 atom stereocenters. The summed E-state index contributed by atoms with van der Waals surface area (Å²) >= 11 is 0. The molecular formula is C17H16F5NO6. The highest BCUT2D eigenvalue weighted by atomic mass is 19.4. The van der Waals surface area contributed by atoms with Crippen molar-refractivity contribution in [3.05, 3.63) is 35.0 Å². The summed E-state index contributed by atoms with van der Waals surface area (Å²) in [7, 11) is 2.03. The smallest absolute Gasteiger partial charge is 0.416 e.